The maximum atomic E-state index is 11.7. The Hall–Kier alpha value is -4.58. The Kier molecular flexibility index (Phi) is 14.8. The minimum absolute atomic E-state index is 0.0625. The van der Waals surface area contributed by atoms with Gasteiger partial charge in [0.05, 0.1) is 6.42 Å². The molecule has 0 saturated carbocycles. The Balaban J connectivity index is 0.000000388. The molecule has 0 fully saturated rings. The third-order valence-corrected chi connectivity index (χ3v) is 4.25. The summed E-state index contributed by atoms with van der Waals surface area (Å²) in [7, 11) is 0. The van der Waals surface area contributed by atoms with Crippen molar-refractivity contribution in [1.82, 2.24) is 0 Å². The van der Waals surface area contributed by atoms with Crippen molar-refractivity contribution in [2.24, 2.45) is 0 Å². The first kappa shape index (κ1) is 32.4. The molecule has 0 spiro atoms. The van der Waals surface area contributed by atoms with Gasteiger partial charge >= 0.3 is 0 Å². The Bertz CT molecular complexity index is 1290. The fourth-order valence-corrected chi connectivity index (χ4v) is 2.61. The van der Waals surface area contributed by atoms with Crippen LogP contribution in [0.1, 0.15) is 59.6 Å². The minimum Gasteiger partial charge on any atom is -0.508 e. The molecule has 0 radical (unpaired) electrons. The SMILES string of the molecule is CC(=O)CC(C)=O.O=C(/C=C(O)/C=C/c1ccc(CO)o1)/C=C/c1ccc(CO)o1.O=Cc1ccc(CO)o1. The molecular formula is C28H30O11. The molecule has 11 nitrogen and oxygen atoms in total. The van der Waals surface area contributed by atoms with Gasteiger partial charge in [-0.1, -0.05) is 0 Å². The monoisotopic (exact) mass is 542 g/mol. The second-order valence-electron chi connectivity index (χ2n) is 7.72. The largest absolute Gasteiger partial charge is 0.508 e. The summed E-state index contributed by atoms with van der Waals surface area (Å²) < 4.78 is 15.2. The number of furan rings is 3. The van der Waals surface area contributed by atoms with Crippen molar-refractivity contribution >= 4 is 35.8 Å². The van der Waals surface area contributed by atoms with E-state index in [2.05, 4.69) is 0 Å². The summed E-state index contributed by atoms with van der Waals surface area (Å²) in [6, 6.07) is 9.53. The van der Waals surface area contributed by atoms with E-state index < -0.39 is 5.78 Å². The predicted molar refractivity (Wildman–Crippen MR) is 139 cm³/mol. The number of hydrogen-bond acceptors (Lipinski definition) is 11. The fourth-order valence-electron chi connectivity index (χ4n) is 2.61. The average Bonchev–Trinajstić information content (AvgIpc) is 3.66. The topological polar surface area (TPSA) is 189 Å². The summed E-state index contributed by atoms with van der Waals surface area (Å²) in [5.74, 6) is 1.56. The first-order valence-electron chi connectivity index (χ1n) is 11.4. The van der Waals surface area contributed by atoms with Crippen molar-refractivity contribution in [2.75, 3.05) is 0 Å². The van der Waals surface area contributed by atoms with Crippen LogP contribution in [0, 0.1) is 0 Å². The molecule has 0 bridgehead atoms. The quantitative estimate of drug-likeness (QED) is 0.0908. The molecular weight excluding hydrogens is 512 g/mol. The number of aldehydes is 1. The molecule has 0 aliphatic heterocycles. The number of carbonyl (C=O) groups is 4. The third-order valence-electron chi connectivity index (χ3n) is 4.25. The minimum atomic E-state index is -0.426. The molecule has 11 heteroatoms. The normalized spacial score (nSPS) is 11.1. The standard InChI is InChI=1S/C17H16O6.C6H6O3.C5H8O2/c18-10-16-7-5-14(22-16)3-1-12(20)9-13(21)2-4-15-6-8-17(11-19)23-15;7-3-5-1-2-6(4-8)9-5;1-4(6)3-5(2)7/h1-9,18-20H,10-11H2;1-3,8H,4H2;3H2,1-2H3/b3-1+,4-2+,12-9-;;. The summed E-state index contributed by atoms with van der Waals surface area (Å²) in [6.07, 6.45) is 7.18. The van der Waals surface area contributed by atoms with Crippen LogP contribution >= 0.6 is 0 Å². The molecule has 39 heavy (non-hydrogen) atoms. The van der Waals surface area contributed by atoms with Crippen molar-refractivity contribution in [1.29, 1.82) is 0 Å². The number of Topliss-reactive ketones (excluding diaryl/α,β-unsaturated/α-hetero) is 2. The van der Waals surface area contributed by atoms with E-state index in [4.69, 9.17) is 28.6 Å². The number of rotatable bonds is 11. The van der Waals surface area contributed by atoms with Gasteiger partial charge in [-0.3, -0.25) is 19.2 Å². The maximum Gasteiger partial charge on any atom is 0.185 e. The van der Waals surface area contributed by atoms with Gasteiger partial charge in [-0.05, 0) is 74.5 Å². The van der Waals surface area contributed by atoms with Gasteiger partial charge in [-0.25, -0.2) is 0 Å². The Morgan fingerprint density at radius 1 is 0.692 bits per heavy atom. The van der Waals surface area contributed by atoms with Crippen LogP contribution in [-0.2, 0) is 34.2 Å². The first-order valence-corrected chi connectivity index (χ1v) is 11.4. The molecule has 3 rings (SSSR count). The predicted octanol–water partition coefficient (Wildman–Crippen LogP) is 3.73. The molecule has 0 atom stereocenters. The van der Waals surface area contributed by atoms with E-state index in [0.29, 0.717) is 35.1 Å². The van der Waals surface area contributed by atoms with Gasteiger partial charge in [0.25, 0.3) is 0 Å². The lowest BCUT2D eigenvalue weighted by Crippen LogP contribution is -1.97. The van der Waals surface area contributed by atoms with Crippen LogP contribution in [0.5, 0.6) is 0 Å². The highest BCUT2D eigenvalue weighted by Crippen LogP contribution is 2.11. The van der Waals surface area contributed by atoms with E-state index >= 15 is 0 Å². The molecule has 3 aromatic heterocycles. The summed E-state index contributed by atoms with van der Waals surface area (Å²) >= 11 is 0. The summed E-state index contributed by atoms with van der Waals surface area (Å²) in [5.41, 5.74) is 0. The van der Waals surface area contributed by atoms with Crippen LogP contribution in [-0.4, -0.2) is 44.1 Å². The van der Waals surface area contributed by atoms with Crippen molar-refractivity contribution in [3.63, 3.8) is 0 Å². The molecule has 0 saturated heterocycles. The summed E-state index contributed by atoms with van der Waals surface area (Å²) in [5, 5.41) is 35.8. The maximum absolute atomic E-state index is 11.7. The van der Waals surface area contributed by atoms with E-state index in [9.17, 15) is 24.3 Å². The number of allylic oxidation sites excluding steroid dienone is 3. The number of hydrogen-bond donors (Lipinski definition) is 4. The average molecular weight is 543 g/mol. The molecule has 0 aromatic carbocycles. The first-order chi connectivity index (χ1) is 18.6. The Morgan fingerprint density at radius 2 is 1.10 bits per heavy atom. The summed E-state index contributed by atoms with van der Waals surface area (Å²) in [4.78, 5) is 41.7. The second-order valence-corrected chi connectivity index (χ2v) is 7.72. The van der Waals surface area contributed by atoms with Gasteiger partial charge in [0.2, 0.25) is 0 Å². The van der Waals surface area contributed by atoms with Crippen LogP contribution in [0.15, 0.2) is 73.6 Å². The molecule has 0 aliphatic rings. The van der Waals surface area contributed by atoms with Gasteiger partial charge in [0.15, 0.2) is 17.8 Å². The molecule has 4 N–H and O–H groups in total. The highest BCUT2D eigenvalue weighted by atomic mass is 16.4. The van der Waals surface area contributed by atoms with Crippen molar-refractivity contribution in [3.8, 4) is 0 Å². The zero-order valence-corrected chi connectivity index (χ0v) is 21.4. The highest BCUT2D eigenvalue weighted by molar-refractivity contribution is 6.02. The lowest BCUT2D eigenvalue weighted by molar-refractivity contribution is -0.124. The van der Waals surface area contributed by atoms with E-state index in [1.165, 1.54) is 44.2 Å². The Morgan fingerprint density at radius 3 is 1.44 bits per heavy atom. The zero-order chi connectivity index (χ0) is 29.2. The van der Waals surface area contributed by atoms with Crippen molar-refractivity contribution in [3.05, 3.63) is 94.9 Å². The van der Waals surface area contributed by atoms with E-state index in [0.717, 1.165) is 6.08 Å². The fraction of sp³-hybridized carbons (Fsp3) is 0.214. The van der Waals surface area contributed by atoms with Gasteiger partial charge in [0, 0.05) is 6.08 Å². The van der Waals surface area contributed by atoms with Crippen LogP contribution in [0.3, 0.4) is 0 Å². The highest BCUT2D eigenvalue weighted by Gasteiger charge is 2.00. The molecule has 3 heterocycles. The molecule has 0 amide bonds. The number of aliphatic hydroxyl groups is 4. The van der Waals surface area contributed by atoms with Gasteiger partial charge in [-0.2, -0.15) is 0 Å². The van der Waals surface area contributed by atoms with E-state index in [-0.39, 0.29) is 49.3 Å². The lowest BCUT2D eigenvalue weighted by Gasteiger charge is -1.90. The smallest absolute Gasteiger partial charge is 0.185 e. The van der Waals surface area contributed by atoms with Gasteiger partial charge < -0.3 is 33.7 Å². The van der Waals surface area contributed by atoms with Crippen LogP contribution in [0.2, 0.25) is 0 Å². The molecule has 208 valence electrons. The molecule has 3 aromatic rings. The second kappa shape index (κ2) is 17.8. The van der Waals surface area contributed by atoms with E-state index in [1.807, 2.05) is 0 Å². The van der Waals surface area contributed by atoms with Gasteiger partial charge in [-0.15, -0.1) is 0 Å². The van der Waals surface area contributed by atoms with Crippen LogP contribution < -0.4 is 0 Å². The zero-order valence-electron chi connectivity index (χ0n) is 21.4. The van der Waals surface area contributed by atoms with Crippen molar-refractivity contribution in [2.45, 2.75) is 40.1 Å². The number of ketones is 3. The van der Waals surface area contributed by atoms with Gasteiger partial charge in [0.1, 0.15) is 65.9 Å². The summed E-state index contributed by atoms with van der Waals surface area (Å²) in [6.45, 7) is 2.23. The Labute approximate surface area is 224 Å². The van der Waals surface area contributed by atoms with Crippen LogP contribution in [0.4, 0.5) is 0 Å². The third kappa shape index (κ3) is 14.1. The number of carbonyl (C=O) groups excluding carboxylic acids is 4. The lowest BCUT2D eigenvalue weighted by atomic mass is 10.2. The van der Waals surface area contributed by atoms with E-state index in [1.54, 1.807) is 30.3 Å². The molecule has 0 aliphatic carbocycles. The van der Waals surface area contributed by atoms with Crippen LogP contribution in [0.25, 0.3) is 12.2 Å². The molecule has 0 unspecified atom stereocenters. The number of aliphatic hydroxyl groups excluding tert-OH is 4. The van der Waals surface area contributed by atoms with Crippen molar-refractivity contribution < 1.29 is 52.9 Å².